The van der Waals surface area contributed by atoms with E-state index in [0.29, 0.717) is 32.7 Å². The largest absolute Gasteiger partial charge is 0.494 e. The summed E-state index contributed by atoms with van der Waals surface area (Å²) < 4.78 is 16.5. The highest BCUT2D eigenvalue weighted by molar-refractivity contribution is 5.97. The lowest BCUT2D eigenvalue weighted by Crippen LogP contribution is -2.47. The van der Waals surface area contributed by atoms with Crippen LogP contribution in [0.25, 0.3) is 0 Å². The van der Waals surface area contributed by atoms with Gasteiger partial charge >= 0.3 is 0 Å². The first-order valence-electron chi connectivity index (χ1n) is 18.0. The lowest BCUT2D eigenvalue weighted by atomic mass is 10.0. The molecule has 8 heteroatoms. The van der Waals surface area contributed by atoms with E-state index in [1.807, 2.05) is 118 Å². The fourth-order valence-corrected chi connectivity index (χ4v) is 5.34. The van der Waals surface area contributed by atoms with Gasteiger partial charge in [-0.1, -0.05) is 86.6 Å². The Morgan fingerprint density at radius 1 is 0.745 bits per heavy atom. The van der Waals surface area contributed by atoms with Gasteiger partial charge in [0.1, 0.15) is 23.7 Å². The van der Waals surface area contributed by atoms with Gasteiger partial charge in [0, 0.05) is 18.8 Å². The van der Waals surface area contributed by atoms with Crippen LogP contribution in [0.15, 0.2) is 109 Å². The zero-order valence-electron chi connectivity index (χ0n) is 31.3. The van der Waals surface area contributed by atoms with Crippen molar-refractivity contribution in [2.45, 2.75) is 72.1 Å². The molecule has 8 nitrogen and oxygen atoms in total. The molecule has 274 valence electrons. The Hall–Kier alpha value is -4.66. The van der Waals surface area contributed by atoms with Gasteiger partial charge in [-0.15, -0.1) is 0 Å². The van der Waals surface area contributed by atoms with Crippen LogP contribution in [0.2, 0.25) is 0 Å². The molecule has 0 spiro atoms. The summed E-state index contributed by atoms with van der Waals surface area (Å²) in [5, 5.41) is 3.27. The third-order valence-corrected chi connectivity index (χ3v) is 8.32. The van der Waals surface area contributed by atoms with Gasteiger partial charge in [-0.3, -0.25) is 9.59 Å². The molecule has 4 aromatic rings. The molecule has 0 aliphatic carbocycles. The number of carbonyl (C=O) groups is 2. The van der Waals surface area contributed by atoms with Gasteiger partial charge in [0.15, 0.2) is 0 Å². The molecule has 0 fully saturated rings. The van der Waals surface area contributed by atoms with Crippen molar-refractivity contribution in [2.75, 3.05) is 44.7 Å². The molecule has 0 aromatic heterocycles. The lowest BCUT2D eigenvalue weighted by molar-refractivity contribution is -0.138. The summed E-state index contributed by atoms with van der Waals surface area (Å²) in [4.78, 5) is 27.9. The van der Waals surface area contributed by atoms with E-state index >= 15 is 0 Å². The highest BCUT2D eigenvalue weighted by atomic mass is 16.5. The summed E-state index contributed by atoms with van der Waals surface area (Å²) in [5.74, 6) is 1.68. The number of rotatable bonds is 19. The normalized spacial score (nSPS) is 11.6. The molecule has 51 heavy (non-hydrogen) atoms. The minimum absolute atomic E-state index is 0.0423. The van der Waals surface area contributed by atoms with Crippen LogP contribution in [-0.4, -0.2) is 68.8 Å². The maximum atomic E-state index is 14.0. The van der Waals surface area contributed by atoms with Crippen molar-refractivity contribution in [2.24, 2.45) is 0 Å². The van der Waals surface area contributed by atoms with Crippen LogP contribution < -0.4 is 19.7 Å². The van der Waals surface area contributed by atoms with E-state index in [0.717, 1.165) is 60.8 Å². The van der Waals surface area contributed by atoms with Crippen molar-refractivity contribution in [1.82, 2.24) is 10.2 Å². The number of nitrogens with one attached hydrogen (secondary N) is 1. The van der Waals surface area contributed by atoms with Crippen molar-refractivity contribution < 1.29 is 23.8 Å². The van der Waals surface area contributed by atoms with Gasteiger partial charge in [0.2, 0.25) is 5.91 Å². The monoisotopic (exact) mass is 695 g/mol. The van der Waals surface area contributed by atoms with Gasteiger partial charge in [-0.05, 0) is 113 Å². The average molecular weight is 696 g/mol. The summed E-state index contributed by atoms with van der Waals surface area (Å²) in [7, 11) is 1.85. The van der Waals surface area contributed by atoms with Gasteiger partial charge in [-0.2, -0.15) is 0 Å². The molecule has 0 radical (unpaired) electrons. The van der Waals surface area contributed by atoms with E-state index < -0.39 is 0 Å². The summed E-state index contributed by atoms with van der Waals surface area (Å²) >= 11 is 0. The van der Waals surface area contributed by atoms with Crippen LogP contribution in [0.5, 0.6) is 11.5 Å². The van der Waals surface area contributed by atoms with Crippen LogP contribution in [0.1, 0.15) is 57.7 Å². The number of hydrogen-bond donors (Lipinski definition) is 1. The van der Waals surface area contributed by atoms with E-state index in [4.69, 9.17) is 9.47 Å². The van der Waals surface area contributed by atoms with Crippen LogP contribution >= 0.6 is 0 Å². The van der Waals surface area contributed by atoms with Gasteiger partial charge in [0.05, 0.1) is 12.6 Å². The fraction of sp³-hybridized carbons (Fsp3) is 0.395. The lowest BCUT2D eigenvalue weighted by Gasteiger charge is -2.28. The zero-order chi connectivity index (χ0) is 36.9. The van der Waals surface area contributed by atoms with E-state index in [9.17, 15) is 9.59 Å². The van der Waals surface area contributed by atoms with E-state index in [2.05, 4.69) is 53.1 Å². The SMILES string of the molecule is CC(C)(C)OC=O.CCN(CC)CCCOc1ccc(N(CCc2ccccc2)C(=O)C(Cc2ccc(OCc3ccccc3)cc2)NC)cc1. The molecule has 0 aliphatic heterocycles. The number of carbonyl (C=O) groups excluding carboxylic acids is 2. The van der Waals surface area contributed by atoms with Crippen LogP contribution in [0, 0.1) is 0 Å². The third-order valence-electron chi connectivity index (χ3n) is 8.32. The van der Waals surface area contributed by atoms with E-state index in [1.165, 1.54) is 5.56 Å². The van der Waals surface area contributed by atoms with Crippen molar-refractivity contribution in [3.8, 4) is 11.5 Å². The molecule has 0 heterocycles. The average Bonchev–Trinajstić information content (AvgIpc) is 3.14. The van der Waals surface area contributed by atoms with E-state index in [-0.39, 0.29) is 17.6 Å². The molecule has 0 saturated carbocycles. The van der Waals surface area contributed by atoms with Gasteiger partial charge in [0.25, 0.3) is 6.47 Å². The van der Waals surface area contributed by atoms with Gasteiger partial charge < -0.3 is 29.3 Å². The molecule has 0 bridgehead atoms. The number of anilines is 1. The Bertz CT molecular complexity index is 1520. The predicted molar refractivity (Wildman–Crippen MR) is 208 cm³/mol. The minimum Gasteiger partial charge on any atom is -0.494 e. The summed E-state index contributed by atoms with van der Waals surface area (Å²) in [6.07, 6.45) is 2.32. The highest BCUT2D eigenvalue weighted by Crippen LogP contribution is 2.23. The molecule has 0 saturated heterocycles. The second kappa shape index (κ2) is 22.2. The molecular weight excluding hydrogens is 638 g/mol. The summed E-state index contributed by atoms with van der Waals surface area (Å²) in [6.45, 7) is 15.2. The molecule has 1 atom stereocenters. The first-order chi connectivity index (χ1) is 24.6. The quantitative estimate of drug-likeness (QED) is 0.0794. The van der Waals surface area contributed by atoms with Crippen molar-refractivity contribution >= 4 is 18.1 Å². The Balaban J connectivity index is 0.000000908. The van der Waals surface area contributed by atoms with Crippen LogP contribution in [0.3, 0.4) is 0 Å². The number of hydrogen-bond acceptors (Lipinski definition) is 7. The molecular formula is C43H57N3O5. The molecule has 1 amide bonds. The third kappa shape index (κ3) is 15.4. The first kappa shape index (κ1) is 40.8. The topological polar surface area (TPSA) is 80.3 Å². The second-order valence-electron chi connectivity index (χ2n) is 13.2. The van der Waals surface area contributed by atoms with Crippen molar-refractivity contribution in [3.63, 3.8) is 0 Å². The van der Waals surface area contributed by atoms with Gasteiger partial charge in [-0.25, -0.2) is 0 Å². The van der Waals surface area contributed by atoms with Crippen LogP contribution in [-0.2, 0) is 33.8 Å². The molecule has 4 rings (SSSR count). The zero-order valence-corrected chi connectivity index (χ0v) is 31.3. The molecule has 0 aliphatic rings. The molecule has 1 unspecified atom stereocenters. The Kier molecular flexibility index (Phi) is 17.8. The van der Waals surface area contributed by atoms with Crippen LogP contribution in [0.4, 0.5) is 5.69 Å². The second-order valence-corrected chi connectivity index (χ2v) is 13.2. The molecule has 4 aromatic carbocycles. The number of nitrogens with zero attached hydrogens (tertiary/aromatic N) is 2. The maximum Gasteiger partial charge on any atom is 0.293 e. The number of amides is 1. The Labute approximate surface area is 305 Å². The fourth-order valence-electron chi connectivity index (χ4n) is 5.34. The Morgan fingerprint density at radius 3 is 1.84 bits per heavy atom. The molecule has 1 N–H and O–H groups in total. The first-order valence-corrected chi connectivity index (χ1v) is 18.0. The highest BCUT2D eigenvalue weighted by Gasteiger charge is 2.25. The summed E-state index contributed by atoms with van der Waals surface area (Å²) in [6, 6.07) is 36.0. The smallest absolute Gasteiger partial charge is 0.293 e. The minimum atomic E-state index is -0.377. The maximum absolute atomic E-state index is 14.0. The summed E-state index contributed by atoms with van der Waals surface area (Å²) in [5.41, 5.74) is 3.95. The standard InChI is InChI=1S/C38H47N3O3.C5H10O2/c1-4-40(5-2)26-12-28-43-35-23-19-34(20-24-35)41(27-25-31-13-8-6-9-14-31)38(42)37(39-3)29-32-17-21-36(22-18-32)44-30-33-15-10-7-11-16-33;1-5(2,3)7-4-6/h6-11,13-24,37,39H,4-5,12,25-30H2,1-3H3;4H,1-3H3. The number of ether oxygens (including phenoxy) is 3. The number of benzene rings is 4. The predicted octanol–water partition coefficient (Wildman–Crippen LogP) is 7.74. The van der Waals surface area contributed by atoms with Crippen molar-refractivity contribution in [1.29, 1.82) is 0 Å². The van der Waals surface area contributed by atoms with Crippen molar-refractivity contribution in [3.05, 3.63) is 126 Å². The van der Waals surface area contributed by atoms with E-state index in [1.54, 1.807) is 0 Å². The Morgan fingerprint density at radius 2 is 1.31 bits per heavy atom. The number of likely N-dealkylation sites (N-methyl/N-ethyl adjacent to an activating group) is 1.